The number of primary amides is 2. The highest BCUT2D eigenvalue weighted by atomic mass is 35.5. The standard InChI is InChI=1S/C14H21N3O3.C9H13N3O.ClH/c1-10-5-7-11(8-6-10)9-17(12(15)18)16-13(19)20-14(2,3)4;1-7-2-4-8(5-3-7)6-12(11)9(10)13;/h5-8H,9H2,1-4H3,(H2,15,18)(H,16,19);2-5H,6,11H2,1H3,(H2,10,13);1H. The molecule has 11 heteroatoms. The van der Waals surface area contributed by atoms with Gasteiger partial charge in [0.1, 0.15) is 5.60 Å². The Kier molecular flexibility index (Phi) is 12.5. The number of nitrogens with zero attached hydrogens (tertiary/aromatic N) is 2. The van der Waals surface area contributed by atoms with Crippen LogP contribution in [0.2, 0.25) is 0 Å². The number of hydrogen-bond donors (Lipinski definition) is 4. The van der Waals surface area contributed by atoms with Gasteiger partial charge in [-0.05, 0) is 45.7 Å². The molecule has 0 saturated carbocycles. The quantitative estimate of drug-likeness (QED) is 0.290. The minimum atomic E-state index is -0.753. The Morgan fingerprint density at radius 2 is 1.24 bits per heavy atom. The molecule has 0 aliphatic rings. The number of hydrogen-bond acceptors (Lipinski definition) is 5. The lowest BCUT2D eigenvalue weighted by atomic mass is 10.1. The van der Waals surface area contributed by atoms with Crippen LogP contribution < -0.4 is 22.7 Å². The first-order chi connectivity index (χ1) is 15.3. The van der Waals surface area contributed by atoms with Crippen molar-refractivity contribution in [3.05, 3.63) is 70.8 Å². The number of urea groups is 2. The fourth-order valence-corrected chi connectivity index (χ4v) is 2.43. The molecule has 0 radical (unpaired) electrons. The van der Waals surface area contributed by atoms with Crippen LogP contribution in [-0.2, 0) is 17.8 Å². The van der Waals surface area contributed by atoms with Crippen LogP contribution in [-0.4, -0.2) is 33.8 Å². The van der Waals surface area contributed by atoms with Crippen LogP contribution in [0.1, 0.15) is 43.0 Å². The van der Waals surface area contributed by atoms with E-state index in [2.05, 4.69) is 5.43 Å². The SMILES string of the molecule is Cc1ccc(CN(N)C(N)=O)cc1.Cc1ccc(CN(NC(=O)OC(C)(C)C)C(N)=O)cc1.Cl. The van der Waals surface area contributed by atoms with E-state index < -0.39 is 23.8 Å². The zero-order valence-electron chi connectivity index (χ0n) is 20.2. The monoisotopic (exact) mass is 494 g/mol. The van der Waals surface area contributed by atoms with Crippen molar-refractivity contribution in [2.24, 2.45) is 17.3 Å². The molecule has 2 aromatic carbocycles. The van der Waals surface area contributed by atoms with Crippen LogP contribution in [0.15, 0.2) is 48.5 Å². The van der Waals surface area contributed by atoms with Crippen molar-refractivity contribution >= 4 is 30.6 Å². The fourth-order valence-electron chi connectivity index (χ4n) is 2.43. The maximum Gasteiger partial charge on any atom is 0.426 e. The Bertz CT molecular complexity index is 930. The molecule has 34 heavy (non-hydrogen) atoms. The maximum atomic E-state index is 11.6. The van der Waals surface area contributed by atoms with Gasteiger partial charge in [-0.3, -0.25) is 5.01 Å². The molecule has 0 atom stereocenters. The first kappa shape index (κ1) is 30.5. The molecular weight excluding hydrogens is 460 g/mol. The second-order valence-corrected chi connectivity index (χ2v) is 8.48. The molecule has 188 valence electrons. The van der Waals surface area contributed by atoms with Crippen LogP contribution in [0, 0.1) is 13.8 Å². The summed E-state index contributed by atoms with van der Waals surface area (Å²) in [5.41, 5.74) is 16.0. The average molecular weight is 495 g/mol. The van der Waals surface area contributed by atoms with Gasteiger partial charge in [0.25, 0.3) is 0 Å². The van der Waals surface area contributed by atoms with Crippen molar-refractivity contribution in [1.82, 2.24) is 15.4 Å². The highest BCUT2D eigenvalue weighted by Crippen LogP contribution is 2.09. The van der Waals surface area contributed by atoms with Gasteiger partial charge in [-0.15, -0.1) is 12.4 Å². The normalized spacial score (nSPS) is 10.1. The van der Waals surface area contributed by atoms with Gasteiger partial charge in [-0.25, -0.2) is 30.7 Å². The Balaban J connectivity index is 0.000000676. The van der Waals surface area contributed by atoms with E-state index in [1.54, 1.807) is 20.8 Å². The lowest BCUT2D eigenvalue weighted by Crippen LogP contribution is -2.49. The molecule has 0 spiro atoms. The minimum Gasteiger partial charge on any atom is -0.443 e. The first-order valence-corrected chi connectivity index (χ1v) is 10.3. The number of nitrogens with two attached hydrogens (primary N) is 3. The summed E-state index contributed by atoms with van der Waals surface area (Å²) in [5.74, 6) is 5.35. The number of hydrazine groups is 2. The van der Waals surface area contributed by atoms with Gasteiger partial charge in [0.2, 0.25) is 0 Å². The van der Waals surface area contributed by atoms with E-state index in [1.165, 1.54) is 5.56 Å². The number of carbonyl (C=O) groups excluding carboxylic acids is 3. The Hall–Kier alpha value is -3.50. The maximum absolute atomic E-state index is 11.6. The zero-order valence-corrected chi connectivity index (χ0v) is 21.0. The van der Waals surface area contributed by atoms with E-state index >= 15 is 0 Å². The van der Waals surface area contributed by atoms with Crippen LogP contribution in [0.4, 0.5) is 14.4 Å². The topological polar surface area (TPSA) is 157 Å². The van der Waals surface area contributed by atoms with E-state index in [1.807, 2.05) is 62.4 Å². The highest BCUT2D eigenvalue weighted by molar-refractivity contribution is 5.85. The molecular formula is C23H35ClN6O4. The lowest BCUT2D eigenvalue weighted by molar-refractivity contribution is 0.0375. The summed E-state index contributed by atoms with van der Waals surface area (Å²) in [4.78, 5) is 33.6. The van der Waals surface area contributed by atoms with Crippen molar-refractivity contribution in [2.45, 2.75) is 53.3 Å². The second-order valence-electron chi connectivity index (χ2n) is 8.48. The molecule has 2 aromatic rings. The summed E-state index contributed by atoms with van der Waals surface area (Å²) in [7, 11) is 0. The molecule has 7 N–H and O–H groups in total. The third kappa shape index (κ3) is 12.5. The number of amides is 5. The molecule has 0 heterocycles. The number of rotatable bonds is 4. The summed E-state index contributed by atoms with van der Waals surface area (Å²) < 4.78 is 5.08. The summed E-state index contributed by atoms with van der Waals surface area (Å²) >= 11 is 0. The van der Waals surface area contributed by atoms with E-state index in [4.69, 9.17) is 22.0 Å². The number of ether oxygens (including phenoxy) is 1. The molecule has 5 amide bonds. The van der Waals surface area contributed by atoms with Gasteiger partial charge >= 0.3 is 18.2 Å². The minimum absolute atomic E-state index is 0. The third-order valence-corrected chi connectivity index (χ3v) is 4.11. The summed E-state index contributed by atoms with van der Waals surface area (Å²) in [6.07, 6.45) is -0.719. The lowest BCUT2D eigenvalue weighted by Gasteiger charge is -2.25. The van der Waals surface area contributed by atoms with Crippen molar-refractivity contribution in [1.29, 1.82) is 0 Å². The third-order valence-electron chi connectivity index (χ3n) is 4.11. The average Bonchev–Trinajstić information content (AvgIpc) is 2.69. The number of carbonyl (C=O) groups is 3. The largest absolute Gasteiger partial charge is 0.443 e. The Morgan fingerprint density at radius 1 is 0.824 bits per heavy atom. The van der Waals surface area contributed by atoms with Crippen molar-refractivity contribution in [3.8, 4) is 0 Å². The van der Waals surface area contributed by atoms with Crippen molar-refractivity contribution < 1.29 is 19.1 Å². The van der Waals surface area contributed by atoms with Gasteiger partial charge < -0.3 is 16.2 Å². The fraction of sp³-hybridized carbons (Fsp3) is 0.348. The smallest absolute Gasteiger partial charge is 0.426 e. The number of aryl methyl sites for hydroxylation is 2. The molecule has 0 unspecified atom stereocenters. The van der Waals surface area contributed by atoms with Crippen LogP contribution in [0.3, 0.4) is 0 Å². The summed E-state index contributed by atoms with van der Waals surface area (Å²) in [6, 6.07) is 13.9. The van der Waals surface area contributed by atoms with Gasteiger partial charge in [-0.2, -0.15) is 0 Å². The van der Waals surface area contributed by atoms with Crippen LogP contribution >= 0.6 is 12.4 Å². The molecule has 0 aromatic heterocycles. The molecule has 2 rings (SSSR count). The van der Waals surface area contributed by atoms with Crippen LogP contribution in [0.25, 0.3) is 0 Å². The number of benzene rings is 2. The van der Waals surface area contributed by atoms with Crippen LogP contribution in [0.5, 0.6) is 0 Å². The predicted octanol–water partition coefficient (Wildman–Crippen LogP) is 3.49. The molecule has 10 nitrogen and oxygen atoms in total. The van der Waals surface area contributed by atoms with E-state index in [0.29, 0.717) is 6.54 Å². The van der Waals surface area contributed by atoms with E-state index in [9.17, 15) is 14.4 Å². The molecule has 0 fully saturated rings. The molecule has 0 saturated heterocycles. The van der Waals surface area contributed by atoms with Crippen molar-refractivity contribution in [2.75, 3.05) is 0 Å². The number of nitrogens with one attached hydrogen (secondary N) is 1. The van der Waals surface area contributed by atoms with Crippen molar-refractivity contribution in [3.63, 3.8) is 0 Å². The Labute approximate surface area is 206 Å². The van der Waals surface area contributed by atoms with Gasteiger partial charge in [0.05, 0.1) is 13.1 Å². The summed E-state index contributed by atoms with van der Waals surface area (Å²) in [6.45, 7) is 9.70. The second kappa shape index (κ2) is 13.9. The predicted molar refractivity (Wildman–Crippen MR) is 133 cm³/mol. The van der Waals surface area contributed by atoms with Gasteiger partial charge in [0.15, 0.2) is 0 Å². The number of halogens is 1. The molecule has 0 aliphatic heterocycles. The molecule has 0 bridgehead atoms. The van der Waals surface area contributed by atoms with E-state index in [0.717, 1.165) is 26.7 Å². The molecule has 0 aliphatic carbocycles. The zero-order chi connectivity index (χ0) is 25.2. The van der Waals surface area contributed by atoms with Gasteiger partial charge in [-0.1, -0.05) is 59.7 Å². The van der Waals surface area contributed by atoms with E-state index in [-0.39, 0.29) is 19.0 Å². The Morgan fingerprint density at radius 3 is 1.59 bits per heavy atom. The highest BCUT2D eigenvalue weighted by Gasteiger charge is 2.20. The first-order valence-electron chi connectivity index (χ1n) is 10.3. The van der Waals surface area contributed by atoms with Gasteiger partial charge in [0, 0.05) is 0 Å². The summed E-state index contributed by atoms with van der Waals surface area (Å²) in [5, 5.41) is 1.99.